The molecular weight excluding hydrogens is 300 g/mol. The molecule has 3 rings (SSSR count). The van der Waals surface area contributed by atoms with Crippen molar-refractivity contribution >= 4 is 23.1 Å². The van der Waals surface area contributed by atoms with Crippen molar-refractivity contribution in [3.05, 3.63) is 47.6 Å². The molecule has 1 atom stereocenters. The molecule has 0 amide bonds. The van der Waals surface area contributed by atoms with Gasteiger partial charge in [0.1, 0.15) is 5.82 Å². The largest absolute Gasteiger partial charge is 0.394 e. The van der Waals surface area contributed by atoms with E-state index in [2.05, 4.69) is 15.4 Å². The summed E-state index contributed by atoms with van der Waals surface area (Å²) in [5, 5.41) is 17.8. The van der Waals surface area contributed by atoms with Crippen LogP contribution in [0.2, 0.25) is 5.02 Å². The molecule has 0 aliphatic carbocycles. The zero-order chi connectivity index (χ0) is 15.5. The second kappa shape index (κ2) is 6.34. The Morgan fingerprint density at radius 2 is 2.00 bits per heavy atom. The quantitative estimate of drug-likeness (QED) is 0.758. The Kier molecular flexibility index (Phi) is 4.27. The molecule has 6 heteroatoms. The number of aliphatic hydroxyl groups excluding tert-OH is 1. The van der Waals surface area contributed by atoms with E-state index >= 15 is 0 Å². The summed E-state index contributed by atoms with van der Waals surface area (Å²) in [5.41, 5.74) is 2.66. The highest BCUT2D eigenvalue weighted by Gasteiger charge is 2.10. The number of fused-ring (bicyclic) bond motifs is 1. The maximum Gasteiger partial charge on any atom is 0.154 e. The number of rotatable bonds is 5. The molecule has 1 aromatic carbocycles. The van der Waals surface area contributed by atoms with E-state index in [0.717, 1.165) is 23.3 Å². The summed E-state index contributed by atoms with van der Waals surface area (Å²) in [4.78, 5) is 4.37. The molecule has 0 aliphatic heterocycles. The van der Waals surface area contributed by atoms with Crippen LogP contribution in [0.5, 0.6) is 0 Å². The van der Waals surface area contributed by atoms with Crippen LogP contribution in [-0.4, -0.2) is 32.4 Å². The van der Waals surface area contributed by atoms with Gasteiger partial charge in [-0.05, 0) is 30.7 Å². The van der Waals surface area contributed by atoms with E-state index in [4.69, 9.17) is 11.6 Å². The predicted molar refractivity (Wildman–Crippen MR) is 88.2 cm³/mol. The molecule has 0 bridgehead atoms. The standard InChI is InChI=1S/C16H17ClN4O/c1-2-13(10-22)19-15-7-8-16-18-9-14(21(16)20-15)11-3-5-12(17)6-4-11/h3-9,13,22H,2,10H2,1H3,(H,19,20). The average Bonchev–Trinajstić information content (AvgIpc) is 2.96. The average molecular weight is 317 g/mol. The van der Waals surface area contributed by atoms with Gasteiger partial charge in [0.15, 0.2) is 5.65 Å². The van der Waals surface area contributed by atoms with E-state index in [1.165, 1.54) is 0 Å². The Hall–Kier alpha value is -2.11. The van der Waals surface area contributed by atoms with Gasteiger partial charge >= 0.3 is 0 Å². The molecular formula is C16H17ClN4O. The van der Waals surface area contributed by atoms with Crippen LogP contribution in [0.25, 0.3) is 16.9 Å². The molecule has 2 N–H and O–H groups in total. The van der Waals surface area contributed by atoms with Crippen molar-refractivity contribution in [2.24, 2.45) is 0 Å². The zero-order valence-corrected chi connectivity index (χ0v) is 13.0. The molecule has 2 heterocycles. The summed E-state index contributed by atoms with van der Waals surface area (Å²) < 4.78 is 1.79. The third-order valence-electron chi connectivity index (χ3n) is 3.57. The van der Waals surface area contributed by atoms with Crippen molar-refractivity contribution in [2.45, 2.75) is 19.4 Å². The van der Waals surface area contributed by atoms with Crippen LogP contribution in [0.1, 0.15) is 13.3 Å². The van der Waals surface area contributed by atoms with Gasteiger partial charge in [0.2, 0.25) is 0 Å². The lowest BCUT2D eigenvalue weighted by Gasteiger charge is -2.14. The van der Waals surface area contributed by atoms with Crippen LogP contribution < -0.4 is 5.32 Å². The molecule has 114 valence electrons. The smallest absolute Gasteiger partial charge is 0.154 e. The highest BCUT2D eigenvalue weighted by molar-refractivity contribution is 6.30. The van der Waals surface area contributed by atoms with Crippen molar-refractivity contribution in [1.29, 1.82) is 0 Å². The summed E-state index contributed by atoms with van der Waals surface area (Å²) in [7, 11) is 0. The molecule has 0 fully saturated rings. The number of hydrogen-bond acceptors (Lipinski definition) is 4. The molecule has 0 spiro atoms. The number of hydrogen-bond donors (Lipinski definition) is 2. The molecule has 0 radical (unpaired) electrons. The summed E-state index contributed by atoms with van der Waals surface area (Å²) >= 11 is 5.93. The van der Waals surface area contributed by atoms with Crippen LogP contribution in [0.3, 0.4) is 0 Å². The SMILES string of the molecule is CCC(CO)Nc1ccc2ncc(-c3ccc(Cl)cc3)n2n1. The minimum Gasteiger partial charge on any atom is -0.394 e. The van der Waals surface area contributed by atoms with Crippen molar-refractivity contribution in [3.63, 3.8) is 0 Å². The van der Waals surface area contributed by atoms with Crippen LogP contribution in [-0.2, 0) is 0 Å². The Morgan fingerprint density at radius 3 is 2.68 bits per heavy atom. The first-order valence-electron chi connectivity index (χ1n) is 7.19. The van der Waals surface area contributed by atoms with Crippen molar-refractivity contribution in [2.75, 3.05) is 11.9 Å². The molecule has 0 aliphatic rings. The molecule has 0 saturated carbocycles. The monoisotopic (exact) mass is 316 g/mol. The summed E-state index contributed by atoms with van der Waals surface area (Å²) in [6, 6.07) is 11.3. The van der Waals surface area contributed by atoms with E-state index in [1.807, 2.05) is 43.3 Å². The van der Waals surface area contributed by atoms with Crippen LogP contribution in [0.4, 0.5) is 5.82 Å². The van der Waals surface area contributed by atoms with Gasteiger partial charge in [-0.3, -0.25) is 0 Å². The maximum absolute atomic E-state index is 9.30. The predicted octanol–water partition coefficient (Wildman–Crippen LogP) is 3.23. The minimum atomic E-state index is -0.00699. The van der Waals surface area contributed by atoms with Gasteiger partial charge in [-0.25, -0.2) is 9.50 Å². The van der Waals surface area contributed by atoms with E-state index < -0.39 is 0 Å². The number of nitrogens with zero attached hydrogens (tertiary/aromatic N) is 3. The van der Waals surface area contributed by atoms with Crippen LogP contribution in [0.15, 0.2) is 42.6 Å². The van der Waals surface area contributed by atoms with Gasteiger partial charge < -0.3 is 10.4 Å². The van der Waals surface area contributed by atoms with Gasteiger partial charge in [0.05, 0.1) is 24.5 Å². The first-order valence-corrected chi connectivity index (χ1v) is 7.57. The van der Waals surface area contributed by atoms with Gasteiger partial charge in [-0.15, -0.1) is 5.10 Å². The molecule has 2 aromatic heterocycles. The number of anilines is 1. The lowest BCUT2D eigenvalue weighted by molar-refractivity contribution is 0.271. The topological polar surface area (TPSA) is 62.5 Å². The van der Waals surface area contributed by atoms with E-state index in [9.17, 15) is 5.11 Å². The first-order chi connectivity index (χ1) is 10.7. The first kappa shape index (κ1) is 14.8. The lowest BCUT2D eigenvalue weighted by Crippen LogP contribution is -2.23. The molecule has 22 heavy (non-hydrogen) atoms. The number of aromatic nitrogens is 3. The van der Waals surface area contributed by atoms with E-state index in [1.54, 1.807) is 10.7 Å². The number of aliphatic hydroxyl groups is 1. The molecule has 5 nitrogen and oxygen atoms in total. The van der Waals surface area contributed by atoms with Gasteiger partial charge in [-0.1, -0.05) is 30.7 Å². The molecule has 0 saturated heterocycles. The molecule has 1 unspecified atom stereocenters. The Balaban J connectivity index is 2.00. The van der Waals surface area contributed by atoms with Crippen LogP contribution in [0, 0.1) is 0 Å². The fourth-order valence-corrected chi connectivity index (χ4v) is 2.38. The Labute approximate surface area is 133 Å². The third kappa shape index (κ3) is 2.91. The van der Waals surface area contributed by atoms with Crippen LogP contribution >= 0.6 is 11.6 Å². The third-order valence-corrected chi connectivity index (χ3v) is 3.82. The maximum atomic E-state index is 9.30. The lowest BCUT2D eigenvalue weighted by atomic mass is 10.2. The normalized spacial score (nSPS) is 12.5. The highest BCUT2D eigenvalue weighted by Crippen LogP contribution is 2.22. The second-order valence-corrected chi connectivity index (χ2v) is 5.51. The number of halogens is 1. The Bertz CT molecular complexity index is 765. The number of benzene rings is 1. The van der Waals surface area contributed by atoms with Crippen molar-refractivity contribution < 1.29 is 5.11 Å². The van der Waals surface area contributed by atoms with Crippen molar-refractivity contribution in [3.8, 4) is 11.3 Å². The second-order valence-electron chi connectivity index (χ2n) is 5.07. The number of nitrogens with one attached hydrogen (secondary N) is 1. The van der Waals surface area contributed by atoms with E-state index in [-0.39, 0.29) is 12.6 Å². The number of imidazole rings is 1. The fourth-order valence-electron chi connectivity index (χ4n) is 2.25. The van der Waals surface area contributed by atoms with Gasteiger partial charge in [0, 0.05) is 10.6 Å². The summed E-state index contributed by atoms with van der Waals surface area (Å²) in [6.07, 6.45) is 2.61. The minimum absolute atomic E-state index is 0.00699. The molecule has 3 aromatic rings. The Morgan fingerprint density at radius 1 is 1.23 bits per heavy atom. The fraction of sp³-hybridized carbons (Fsp3) is 0.250. The van der Waals surface area contributed by atoms with Gasteiger partial charge in [-0.2, -0.15) is 0 Å². The highest BCUT2D eigenvalue weighted by atomic mass is 35.5. The summed E-state index contributed by atoms with van der Waals surface area (Å²) in [5.74, 6) is 0.710. The van der Waals surface area contributed by atoms with Crippen molar-refractivity contribution in [1.82, 2.24) is 14.6 Å². The summed E-state index contributed by atoms with van der Waals surface area (Å²) in [6.45, 7) is 2.09. The van der Waals surface area contributed by atoms with E-state index in [0.29, 0.717) is 10.8 Å². The zero-order valence-electron chi connectivity index (χ0n) is 12.2. The van der Waals surface area contributed by atoms with Gasteiger partial charge in [0.25, 0.3) is 0 Å².